The third-order valence-corrected chi connectivity index (χ3v) is 2.32. The fourth-order valence-electron chi connectivity index (χ4n) is 1.26. The van der Waals surface area contributed by atoms with Gasteiger partial charge in [-0.05, 0) is 19.1 Å². The highest BCUT2D eigenvalue weighted by molar-refractivity contribution is 5.98. The van der Waals surface area contributed by atoms with Crippen molar-refractivity contribution in [2.24, 2.45) is 0 Å². The Morgan fingerprint density at radius 3 is 2.71 bits per heavy atom. The first-order chi connectivity index (χ1) is 8.10. The van der Waals surface area contributed by atoms with Crippen LogP contribution in [0, 0.1) is 0 Å². The monoisotopic (exact) mass is 239 g/mol. The van der Waals surface area contributed by atoms with Gasteiger partial charge in [-0.3, -0.25) is 0 Å². The average Bonchev–Trinajstić information content (AvgIpc) is 2.35. The molecule has 0 aromatic heterocycles. The molecule has 2 N–H and O–H groups in total. The molecule has 0 saturated carbocycles. The van der Waals surface area contributed by atoms with E-state index < -0.39 is 5.97 Å². The lowest BCUT2D eigenvalue weighted by atomic mass is 10.1. The molecule has 0 saturated heterocycles. The molecule has 94 valence electrons. The number of ether oxygens (including phenoxy) is 3. The van der Waals surface area contributed by atoms with Crippen LogP contribution in [-0.2, 0) is 9.47 Å². The summed E-state index contributed by atoms with van der Waals surface area (Å²) in [6, 6.07) is 5.01. The van der Waals surface area contributed by atoms with Crippen LogP contribution < -0.4 is 10.5 Å². The van der Waals surface area contributed by atoms with Crippen LogP contribution in [0.25, 0.3) is 0 Å². The normalized spacial score (nSPS) is 11.9. The molecule has 1 aromatic rings. The highest BCUT2D eigenvalue weighted by atomic mass is 16.5. The predicted molar refractivity (Wildman–Crippen MR) is 64.2 cm³/mol. The molecule has 0 heterocycles. The second-order valence-electron chi connectivity index (χ2n) is 3.57. The van der Waals surface area contributed by atoms with Crippen molar-refractivity contribution >= 4 is 11.7 Å². The first-order valence-corrected chi connectivity index (χ1v) is 5.22. The second-order valence-corrected chi connectivity index (χ2v) is 3.57. The maximum atomic E-state index is 11.6. The number of methoxy groups -OCH3 is 2. The molecular weight excluding hydrogens is 222 g/mol. The summed E-state index contributed by atoms with van der Waals surface area (Å²) in [7, 11) is 2.89. The summed E-state index contributed by atoms with van der Waals surface area (Å²) in [5.41, 5.74) is 6.31. The van der Waals surface area contributed by atoms with E-state index in [4.69, 9.17) is 15.2 Å². The first-order valence-electron chi connectivity index (χ1n) is 5.22. The van der Waals surface area contributed by atoms with Gasteiger partial charge in [0.25, 0.3) is 0 Å². The molecule has 0 amide bonds. The number of carbonyl (C=O) groups is 1. The second kappa shape index (κ2) is 6.10. The van der Waals surface area contributed by atoms with Crippen molar-refractivity contribution in [3.8, 4) is 5.75 Å². The van der Waals surface area contributed by atoms with Gasteiger partial charge in [0.05, 0.1) is 13.2 Å². The smallest absolute Gasteiger partial charge is 0.343 e. The molecule has 0 radical (unpaired) electrons. The lowest BCUT2D eigenvalue weighted by molar-refractivity contribution is 0.0575. The molecule has 0 fully saturated rings. The molecule has 1 atom stereocenters. The molecule has 5 nitrogen and oxygen atoms in total. The largest absolute Gasteiger partial charge is 0.490 e. The number of nitrogens with two attached hydrogens (primary N) is 1. The van der Waals surface area contributed by atoms with E-state index in [0.717, 1.165) is 0 Å². The van der Waals surface area contributed by atoms with Crippen molar-refractivity contribution in [3.63, 3.8) is 0 Å². The Labute approximate surface area is 100 Å². The number of hydrogen-bond acceptors (Lipinski definition) is 5. The Balaban J connectivity index is 2.91. The van der Waals surface area contributed by atoms with Crippen molar-refractivity contribution in [2.75, 3.05) is 26.6 Å². The van der Waals surface area contributed by atoms with Gasteiger partial charge < -0.3 is 19.9 Å². The average molecular weight is 239 g/mol. The van der Waals surface area contributed by atoms with Crippen LogP contribution in [-0.4, -0.2) is 32.9 Å². The van der Waals surface area contributed by atoms with Gasteiger partial charge in [0.1, 0.15) is 17.9 Å². The maximum absolute atomic E-state index is 11.6. The fraction of sp³-hybridized carbons (Fsp3) is 0.417. The lowest BCUT2D eigenvalue weighted by Crippen LogP contribution is -2.18. The van der Waals surface area contributed by atoms with E-state index in [2.05, 4.69) is 4.74 Å². The van der Waals surface area contributed by atoms with Crippen molar-refractivity contribution in [2.45, 2.75) is 13.0 Å². The third kappa shape index (κ3) is 3.35. The lowest BCUT2D eigenvalue weighted by Gasteiger charge is -2.14. The molecule has 0 spiro atoms. The first kappa shape index (κ1) is 13.3. The zero-order chi connectivity index (χ0) is 12.8. The van der Waals surface area contributed by atoms with Gasteiger partial charge in [-0.25, -0.2) is 4.79 Å². The molecule has 0 aliphatic heterocycles. The molecule has 0 aliphatic rings. The van der Waals surface area contributed by atoms with Gasteiger partial charge in [0.2, 0.25) is 0 Å². The summed E-state index contributed by atoms with van der Waals surface area (Å²) in [5.74, 6) is -0.107. The summed E-state index contributed by atoms with van der Waals surface area (Å²) >= 11 is 0. The van der Waals surface area contributed by atoms with E-state index in [1.807, 2.05) is 6.92 Å². The molecule has 1 unspecified atom stereocenters. The summed E-state index contributed by atoms with van der Waals surface area (Å²) in [5, 5.41) is 0. The van der Waals surface area contributed by atoms with Gasteiger partial charge in [0, 0.05) is 12.8 Å². The van der Waals surface area contributed by atoms with E-state index in [1.54, 1.807) is 25.3 Å². The third-order valence-electron chi connectivity index (χ3n) is 2.32. The minimum absolute atomic E-state index is 0.0677. The number of nitrogen functional groups attached to an aromatic ring is 1. The number of anilines is 1. The summed E-state index contributed by atoms with van der Waals surface area (Å²) in [6.07, 6.45) is -0.0677. The topological polar surface area (TPSA) is 70.8 Å². The minimum Gasteiger partial charge on any atom is -0.490 e. The quantitative estimate of drug-likeness (QED) is 0.622. The number of benzene rings is 1. The Bertz CT molecular complexity index is 392. The highest BCUT2D eigenvalue weighted by Gasteiger charge is 2.17. The van der Waals surface area contributed by atoms with Crippen molar-refractivity contribution in [1.82, 2.24) is 0 Å². The van der Waals surface area contributed by atoms with Crippen LogP contribution in [0.15, 0.2) is 18.2 Å². The van der Waals surface area contributed by atoms with Crippen LogP contribution in [0.4, 0.5) is 5.69 Å². The Hall–Kier alpha value is -1.75. The number of esters is 1. The van der Waals surface area contributed by atoms with E-state index in [9.17, 15) is 4.79 Å². The van der Waals surface area contributed by atoms with Gasteiger partial charge >= 0.3 is 5.97 Å². The van der Waals surface area contributed by atoms with Gasteiger partial charge in [-0.15, -0.1) is 0 Å². The van der Waals surface area contributed by atoms with Gasteiger partial charge in [-0.1, -0.05) is 6.07 Å². The van der Waals surface area contributed by atoms with Crippen LogP contribution >= 0.6 is 0 Å². The molecule has 0 aliphatic carbocycles. The number of rotatable bonds is 5. The predicted octanol–water partition coefficient (Wildman–Crippen LogP) is 1.47. The minimum atomic E-state index is -0.511. The SMILES string of the molecule is COC(=O)c1c(N)cccc1OCC(C)OC. The molecule has 17 heavy (non-hydrogen) atoms. The standard InChI is InChI=1S/C12H17NO4/c1-8(15-2)7-17-10-6-4-5-9(13)11(10)12(14)16-3/h4-6,8H,7,13H2,1-3H3. The zero-order valence-electron chi connectivity index (χ0n) is 10.2. The van der Waals surface area contributed by atoms with Crippen molar-refractivity contribution in [1.29, 1.82) is 0 Å². The van der Waals surface area contributed by atoms with E-state index >= 15 is 0 Å². The molecular formula is C12H17NO4. The van der Waals surface area contributed by atoms with E-state index in [0.29, 0.717) is 18.0 Å². The van der Waals surface area contributed by atoms with E-state index in [1.165, 1.54) is 7.11 Å². The number of carbonyl (C=O) groups excluding carboxylic acids is 1. The summed E-state index contributed by atoms with van der Waals surface area (Å²) in [4.78, 5) is 11.6. The van der Waals surface area contributed by atoms with Gasteiger partial charge in [0.15, 0.2) is 0 Å². The van der Waals surface area contributed by atoms with Gasteiger partial charge in [-0.2, -0.15) is 0 Å². The van der Waals surface area contributed by atoms with Crippen molar-refractivity contribution < 1.29 is 19.0 Å². The Morgan fingerprint density at radius 2 is 2.12 bits per heavy atom. The van der Waals surface area contributed by atoms with Crippen LogP contribution in [0.1, 0.15) is 17.3 Å². The van der Waals surface area contributed by atoms with Crippen LogP contribution in [0.3, 0.4) is 0 Å². The molecule has 5 heteroatoms. The van der Waals surface area contributed by atoms with Crippen LogP contribution in [0.5, 0.6) is 5.75 Å². The summed E-state index contributed by atoms with van der Waals surface area (Å²) < 4.78 is 15.2. The Kier molecular flexibility index (Phi) is 4.78. The fourth-order valence-corrected chi connectivity index (χ4v) is 1.26. The molecule has 1 rings (SSSR count). The molecule has 0 bridgehead atoms. The maximum Gasteiger partial charge on any atom is 0.343 e. The highest BCUT2D eigenvalue weighted by Crippen LogP contribution is 2.25. The van der Waals surface area contributed by atoms with Crippen LogP contribution in [0.2, 0.25) is 0 Å². The van der Waals surface area contributed by atoms with E-state index in [-0.39, 0.29) is 11.7 Å². The number of hydrogen-bond donors (Lipinski definition) is 1. The molecule has 1 aromatic carbocycles. The van der Waals surface area contributed by atoms with Crippen molar-refractivity contribution in [3.05, 3.63) is 23.8 Å². The summed E-state index contributed by atoms with van der Waals surface area (Å²) in [6.45, 7) is 2.20. The zero-order valence-corrected chi connectivity index (χ0v) is 10.2. The Morgan fingerprint density at radius 1 is 1.41 bits per heavy atom.